The summed E-state index contributed by atoms with van der Waals surface area (Å²) in [6.45, 7) is 4.85. The molecule has 292 valence electrons. The van der Waals surface area contributed by atoms with E-state index in [9.17, 15) is 0 Å². The van der Waals surface area contributed by atoms with E-state index >= 15 is 0 Å². The molecule has 0 radical (unpaired) electrons. The van der Waals surface area contributed by atoms with Crippen molar-refractivity contribution in [1.29, 1.82) is 0 Å². The Morgan fingerprint density at radius 1 is 0.444 bits per heavy atom. The molecule has 0 aliphatic heterocycles. The summed E-state index contributed by atoms with van der Waals surface area (Å²) in [5, 5.41) is 15.2. The first-order valence-electron chi connectivity index (χ1n) is 21.8. The summed E-state index contributed by atoms with van der Waals surface area (Å²) in [4.78, 5) is 12.0. The molecule has 2 aliphatic carbocycles. The van der Waals surface area contributed by atoms with Crippen LogP contribution in [0.25, 0.3) is 125 Å². The van der Waals surface area contributed by atoms with Crippen molar-refractivity contribution in [3.05, 3.63) is 198 Å². The zero-order valence-electron chi connectivity index (χ0n) is 34.5. The third-order valence-corrected chi connectivity index (χ3v) is 15.5. The second kappa shape index (κ2) is 11.8. The molecule has 0 N–H and O–H groups in total. The number of benzene rings is 10. The highest BCUT2D eigenvalue weighted by Crippen LogP contribution is 2.61. The fourth-order valence-electron chi connectivity index (χ4n) is 11.8. The van der Waals surface area contributed by atoms with E-state index in [-0.39, 0.29) is 5.41 Å². The molecule has 0 amide bonds. The molecule has 13 aromatic rings. The van der Waals surface area contributed by atoms with Crippen LogP contribution in [0.3, 0.4) is 0 Å². The third-order valence-electron chi connectivity index (χ3n) is 14.4. The monoisotopic (exact) mass is 817 g/mol. The van der Waals surface area contributed by atoms with Crippen LogP contribution in [-0.2, 0) is 5.41 Å². The number of aromatic nitrogens is 3. The van der Waals surface area contributed by atoms with E-state index in [1.807, 2.05) is 0 Å². The van der Waals surface area contributed by atoms with E-state index in [4.69, 9.17) is 9.97 Å². The van der Waals surface area contributed by atoms with Gasteiger partial charge in [0.1, 0.15) is 4.83 Å². The maximum Gasteiger partial charge on any atom is 0.236 e. The van der Waals surface area contributed by atoms with E-state index in [1.165, 1.54) is 108 Å². The molecule has 4 heteroatoms. The van der Waals surface area contributed by atoms with Gasteiger partial charge >= 0.3 is 0 Å². The molecule has 3 aromatic heterocycles. The van der Waals surface area contributed by atoms with Crippen LogP contribution in [0.4, 0.5) is 0 Å². The number of hydrogen-bond donors (Lipinski definition) is 0. The van der Waals surface area contributed by atoms with Crippen LogP contribution in [0.2, 0.25) is 0 Å². The second-order valence-corrected chi connectivity index (χ2v) is 19.1. The molecule has 3 nitrogen and oxygen atoms in total. The minimum Gasteiger partial charge on any atom is -0.278 e. The smallest absolute Gasteiger partial charge is 0.236 e. The summed E-state index contributed by atoms with van der Waals surface area (Å²) in [5.74, 6) is 0.681. The fraction of sp³-hybridized carbons (Fsp3) is 0.0508. The Balaban J connectivity index is 1.00. The molecule has 0 unspecified atom stereocenters. The van der Waals surface area contributed by atoms with E-state index < -0.39 is 0 Å². The van der Waals surface area contributed by atoms with Gasteiger partial charge in [-0.05, 0) is 124 Å². The van der Waals surface area contributed by atoms with Crippen molar-refractivity contribution >= 4 is 108 Å². The Hall–Kier alpha value is -7.66. The summed E-state index contributed by atoms with van der Waals surface area (Å²) in [7, 11) is 0. The van der Waals surface area contributed by atoms with Gasteiger partial charge in [0.2, 0.25) is 5.95 Å². The number of thiophene rings is 1. The molecule has 3 heterocycles. The van der Waals surface area contributed by atoms with Gasteiger partial charge in [0.05, 0.1) is 16.7 Å². The molecule has 0 spiro atoms. The molecule has 0 bridgehead atoms. The quantitative estimate of drug-likeness (QED) is 0.166. The van der Waals surface area contributed by atoms with Gasteiger partial charge in [0.15, 0.2) is 0 Å². The topological polar surface area (TPSA) is 30.7 Å². The molecule has 15 rings (SSSR count). The third kappa shape index (κ3) is 4.33. The van der Waals surface area contributed by atoms with E-state index in [1.54, 1.807) is 11.3 Å². The molecule has 63 heavy (non-hydrogen) atoms. The number of rotatable bonds is 3. The van der Waals surface area contributed by atoms with Crippen molar-refractivity contribution in [3.8, 4) is 28.3 Å². The summed E-state index contributed by atoms with van der Waals surface area (Å²) < 4.78 is 3.53. The average Bonchev–Trinajstić information content (AvgIpc) is 4.04. The standard InChI is InChI=1S/C59H35N3S/c1-59(2)45-27-25-37(29-42(45)53-44-30-38-17-10-16-32-22-23-33-24-26-41(55(53)59)52(44)50(33)49(32)38)39-19-11-20-46-51(39)43-28-35-14-6-7-15-36(35)31-47(43)62(46)58-60-56(34-12-4-3-5-13-34)54-40-18-8-9-21-48(40)63-57(54)61-58/h3-31H,1-2H3. The van der Waals surface area contributed by atoms with Gasteiger partial charge in [0.25, 0.3) is 0 Å². The van der Waals surface area contributed by atoms with Gasteiger partial charge < -0.3 is 0 Å². The van der Waals surface area contributed by atoms with Crippen LogP contribution in [-0.4, -0.2) is 14.5 Å². The molecule has 0 fully saturated rings. The SMILES string of the molecule is CC1(C)C2=C(c3cc(-c4cccc5c4c4cc6ccccc6cc4n5-c4nc(-c5ccccc5)c5c(n4)sc4ccccc45)ccc31)c1cc3cccc4ccc5ccc2c1c5c43. The van der Waals surface area contributed by atoms with Crippen molar-refractivity contribution in [2.24, 2.45) is 0 Å². The highest BCUT2D eigenvalue weighted by molar-refractivity contribution is 7.25. The van der Waals surface area contributed by atoms with Crippen LogP contribution < -0.4 is 0 Å². The van der Waals surface area contributed by atoms with Gasteiger partial charge in [-0.3, -0.25) is 4.57 Å². The Labute approximate surface area is 366 Å². The van der Waals surface area contributed by atoms with Crippen molar-refractivity contribution in [2.75, 3.05) is 0 Å². The molecule has 10 aromatic carbocycles. The highest BCUT2D eigenvalue weighted by atomic mass is 32.1. The van der Waals surface area contributed by atoms with Crippen molar-refractivity contribution in [2.45, 2.75) is 19.3 Å². The van der Waals surface area contributed by atoms with Gasteiger partial charge in [-0.25, -0.2) is 9.97 Å². The van der Waals surface area contributed by atoms with Crippen LogP contribution in [0.1, 0.15) is 36.1 Å². The van der Waals surface area contributed by atoms with Crippen LogP contribution in [0.15, 0.2) is 176 Å². The summed E-state index contributed by atoms with van der Waals surface area (Å²) >= 11 is 1.74. The summed E-state index contributed by atoms with van der Waals surface area (Å²) in [5.41, 5.74) is 14.8. The zero-order valence-corrected chi connectivity index (χ0v) is 35.3. The van der Waals surface area contributed by atoms with E-state index in [0.717, 1.165) is 32.5 Å². The first-order valence-corrected chi connectivity index (χ1v) is 22.6. The van der Waals surface area contributed by atoms with Crippen LogP contribution in [0.5, 0.6) is 0 Å². The predicted molar refractivity (Wildman–Crippen MR) is 267 cm³/mol. The Morgan fingerprint density at radius 2 is 1.19 bits per heavy atom. The van der Waals surface area contributed by atoms with E-state index in [2.05, 4.69) is 194 Å². The molecular weight excluding hydrogens is 783 g/mol. The lowest BCUT2D eigenvalue weighted by molar-refractivity contribution is 0.705. The number of allylic oxidation sites excluding steroid dienone is 1. The minimum atomic E-state index is -0.161. The fourth-order valence-corrected chi connectivity index (χ4v) is 12.8. The highest BCUT2D eigenvalue weighted by Gasteiger charge is 2.44. The van der Waals surface area contributed by atoms with E-state index in [0.29, 0.717) is 5.95 Å². The van der Waals surface area contributed by atoms with Gasteiger partial charge in [-0.15, -0.1) is 11.3 Å². The first-order chi connectivity index (χ1) is 31.0. The van der Waals surface area contributed by atoms with Crippen molar-refractivity contribution < 1.29 is 0 Å². The maximum absolute atomic E-state index is 5.54. The lowest BCUT2D eigenvalue weighted by Gasteiger charge is -2.26. The molecule has 0 saturated heterocycles. The lowest BCUT2D eigenvalue weighted by atomic mass is 9.77. The van der Waals surface area contributed by atoms with Crippen LogP contribution >= 0.6 is 11.3 Å². The molecular formula is C59H35N3S. The molecule has 0 atom stereocenters. The number of nitrogens with zero attached hydrogens (tertiary/aromatic N) is 3. The normalized spacial score (nSPS) is 14.3. The first kappa shape index (κ1) is 34.0. The lowest BCUT2D eigenvalue weighted by Crippen LogP contribution is -2.16. The average molecular weight is 818 g/mol. The second-order valence-electron chi connectivity index (χ2n) is 18.1. The van der Waals surface area contributed by atoms with Crippen molar-refractivity contribution in [1.82, 2.24) is 14.5 Å². The number of fused-ring (bicyclic) bond motifs is 11. The Kier molecular flexibility index (Phi) is 6.38. The number of hydrogen-bond acceptors (Lipinski definition) is 3. The Bertz CT molecular complexity index is 4220. The zero-order chi connectivity index (χ0) is 41.3. The van der Waals surface area contributed by atoms with Crippen LogP contribution in [0, 0.1) is 0 Å². The maximum atomic E-state index is 5.54. The van der Waals surface area contributed by atoms with Gasteiger partial charge in [-0.1, -0.05) is 153 Å². The van der Waals surface area contributed by atoms with Crippen molar-refractivity contribution in [3.63, 3.8) is 0 Å². The molecule has 2 aliphatic rings. The molecule has 0 saturated carbocycles. The minimum absolute atomic E-state index is 0.161. The Morgan fingerprint density at radius 3 is 2.08 bits per heavy atom. The largest absolute Gasteiger partial charge is 0.278 e. The summed E-state index contributed by atoms with van der Waals surface area (Å²) in [6, 6.07) is 65.3. The van der Waals surface area contributed by atoms with Gasteiger partial charge in [-0.2, -0.15) is 0 Å². The predicted octanol–water partition coefficient (Wildman–Crippen LogP) is 15.9. The van der Waals surface area contributed by atoms with Gasteiger partial charge in [0, 0.05) is 37.2 Å². The summed E-state index contributed by atoms with van der Waals surface area (Å²) in [6.07, 6.45) is 0.